The molecule has 1 unspecified atom stereocenters. The number of carboxylic acids is 1. The summed E-state index contributed by atoms with van der Waals surface area (Å²) in [6, 6.07) is 3.02. The maximum absolute atomic E-state index is 13.1. The smallest absolute Gasteiger partial charge is 1.00 e. The molecule has 3 rings (SSSR count). The number of halogens is 4. The second-order valence-electron chi connectivity index (χ2n) is 6.63. The largest absolute Gasteiger partial charge is 1.00 e. The van der Waals surface area contributed by atoms with Crippen LogP contribution >= 0.6 is 11.6 Å². The van der Waals surface area contributed by atoms with Gasteiger partial charge in [-0.2, -0.15) is 13.2 Å². The Morgan fingerprint density at radius 1 is 1.27 bits per heavy atom. The summed E-state index contributed by atoms with van der Waals surface area (Å²) >= 11 is 6.28. The van der Waals surface area contributed by atoms with Crippen molar-refractivity contribution >= 4 is 23.6 Å². The summed E-state index contributed by atoms with van der Waals surface area (Å²) in [5.41, 5.74) is 0.173. The summed E-state index contributed by atoms with van der Waals surface area (Å²) in [6.07, 6.45) is 0.122. The van der Waals surface area contributed by atoms with Crippen LogP contribution in [0.3, 0.4) is 0 Å². The summed E-state index contributed by atoms with van der Waals surface area (Å²) in [6.45, 7) is 0. The molecule has 1 aromatic rings. The van der Waals surface area contributed by atoms with Gasteiger partial charge in [-0.1, -0.05) is 43.7 Å². The van der Waals surface area contributed by atoms with Gasteiger partial charge in [0, 0.05) is 10.6 Å². The molecular formula is C18H19ClF3NaO3. The Balaban J connectivity index is 0.00000182. The van der Waals surface area contributed by atoms with Crippen LogP contribution in [0.15, 0.2) is 17.7 Å². The Hall–Kier alpha value is -0.690. The zero-order valence-electron chi connectivity index (χ0n) is 15.4. The molecule has 0 radical (unpaired) electrons. The first kappa shape index (κ1) is 21.6. The summed E-state index contributed by atoms with van der Waals surface area (Å²) in [5.74, 6) is -1.16. The van der Waals surface area contributed by atoms with E-state index in [1.807, 2.05) is 0 Å². The van der Waals surface area contributed by atoms with E-state index in [4.69, 9.17) is 21.4 Å². The summed E-state index contributed by atoms with van der Waals surface area (Å²) in [7, 11) is 0. The third-order valence-electron chi connectivity index (χ3n) is 4.79. The molecule has 0 bridgehead atoms. The fourth-order valence-corrected chi connectivity index (χ4v) is 3.78. The van der Waals surface area contributed by atoms with E-state index in [0.717, 1.165) is 37.3 Å². The minimum Gasteiger partial charge on any atom is -1.00 e. The molecule has 1 N–H and O–H groups in total. The van der Waals surface area contributed by atoms with E-state index in [0.29, 0.717) is 17.4 Å². The first-order valence-electron chi connectivity index (χ1n) is 8.26. The van der Waals surface area contributed by atoms with Crippen LogP contribution in [0.4, 0.5) is 13.2 Å². The Morgan fingerprint density at radius 2 is 1.92 bits per heavy atom. The molecule has 0 aromatic heterocycles. The summed E-state index contributed by atoms with van der Waals surface area (Å²) in [4.78, 5) is 11.2. The van der Waals surface area contributed by atoms with Gasteiger partial charge in [0.05, 0.1) is 5.57 Å². The third-order valence-corrected chi connectivity index (χ3v) is 5.15. The Labute approximate surface area is 178 Å². The van der Waals surface area contributed by atoms with Crippen LogP contribution in [0, 0.1) is 5.92 Å². The number of benzene rings is 1. The van der Waals surface area contributed by atoms with E-state index in [9.17, 15) is 18.0 Å². The second kappa shape index (κ2) is 8.55. The number of rotatable bonds is 3. The van der Waals surface area contributed by atoms with Gasteiger partial charge in [-0.15, -0.1) is 0 Å². The van der Waals surface area contributed by atoms with Crippen molar-refractivity contribution in [2.45, 2.75) is 50.8 Å². The molecule has 1 atom stereocenters. The standard InChI is InChI=1S/C18H18ClF3O3.Na.H/c19-14-8-12-7-13(17(23)24)16(18(20,21)22)25-15(12)9-11(14)6-10-4-2-1-3-5-10;;/h7-10,16H,1-6H2,(H,23,24);;/q;+1;-1. The topological polar surface area (TPSA) is 46.5 Å². The first-order valence-corrected chi connectivity index (χ1v) is 8.64. The molecule has 1 fully saturated rings. The summed E-state index contributed by atoms with van der Waals surface area (Å²) in [5, 5.41) is 9.49. The van der Waals surface area contributed by atoms with E-state index in [2.05, 4.69) is 0 Å². The van der Waals surface area contributed by atoms with Gasteiger partial charge in [0.1, 0.15) is 5.75 Å². The number of fused-ring (bicyclic) bond motifs is 1. The molecule has 0 spiro atoms. The van der Waals surface area contributed by atoms with Gasteiger partial charge in [-0.3, -0.25) is 0 Å². The minimum absolute atomic E-state index is 0. The monoisotopic (exact) mass is 398 g/mol. The number of carboxylic acid groups (broad SMARTS) is 1. The van der Waals surface area contributed by atoms with Crippen LogP contribution in [-0.4, -0.2) is 23.4 Å². The van der Waals surface area contributed by atoms with Crippen LogP contribution in [0.1, 0.15) is 44.7 Å². The molecular weight excluding hydrogens is 380 g/mol. The maximum Gasteiger partial charge on any atom is 1.00 e. The van der Waals surface area contributed by atoms with Gasteiger partial charge in [-0.25, -0.2) is 4.79 Å². The van der Waals surface area contributed by atoms with Crippen LogP contribution < -0.4 is 34.3 Å². The molecule has 0 saturated heterocycles. The predicted molar refractivity (Wildman–Crippen MR) is 88.9 cm³/mol. The first-order chi connectivity index (χ1) is 11.8. The number of hydrogen-bond donors (Lipinski definition) is 1. The fourth-order valence-electron chi connectivity index (χ4n) is 3.54. The number of ether oxygens (including phenoxy) is 1. The van der Waals surface area contributed by atoms with Gasteiger partial charge in [0.2, 0.25) is 6.10 Å². The normalized spacial score (nSPS) is 20.5. The molecule has 1 aromatic carbocycles. The fraction of sp³-hybridized carbons (Fsp3) is 0.500. The van der Waals surface area contributed by atoms with Gasteiger partial charge in [-0.05, 0) is 36.1 Å². The van der Waals surface area contributed by atoms with Crippen LogP contribution in [-0.2, 0) is 11.2 Å². The average molecular weight is 399 g/mol. The SMILES string of the molecule is O=C(O)C1=Cc2cc(Cl)c(CC3CCCCC3)cc2OC1C(F)(F)F.[H-].[Na+]. The van der Waals surface area contributed by atoms with E-state index in [-0.39, 0.29) is 42.3 Å². The van der Waals surface area contributed by atoms with E-state index in [1.165, 1.54) is 18.6 Å². The third kappa shape index (κ3) is 4.77. The van der Waals surface area contributed by atoms with Gasteiger partial charge >= 0.3 is 41.7 Å². The molecule has 2 aliphatic rings. The number of carbonyl (C=O) groups is 1. The van der Waals surface area contributed by atoms with Gasteiger partial charge in [0.15, 0.2) is 0 Å². The Bertz CT molecular complexity index is 719. The average Bonchev–Trinajstić information content (AvgIpc) is 2.54. The van der Waals surface area contributed by atoms with Crippen LogP contribution in [0.5, 0.6) is 5.75 Å². The van der Waals surface area contributed by atoms with E-state index < -0.39 is 23.8 Å². The minimum atomic E-state index is -4.80. The molecule has 1 saturated carbocycles. The summed E-state index contributed by atoms with van der Waals surface area (Å²) < 4.78 is 44.5. The van der Waals surface area contributed by atoms with Crippen molar-refractivity contribution in [3.05, 3.63) is 33.9 Å². The maximum atomic E-state index is 13.1. The Kier molecular flexibility index (Phi) is 7.10. The number of alkyl halides is 3. The van der Waals surface area contributed by atoms with Crippen molar-refractivity contribution in [2.75, 3.05) is 0 Å². The van der Waals surface area contributed by atoms with Crippen molar-refractivity contribution in [1.82, 2.24) is 0 Å². The zero-order chi connectivity index (χ0) is 18.2. The van der Waals surface area contributed by atoms with Crippen molar-refractivity contribution in [1.29, 1.82) is 0 Å². The van der Waals surface area contributed by atoms with Gasteiger partial charge in [0.25, 0.3) is 0 Å². The quantitative estimate of drug-likeness (QED) is 0.795. The van der Waals surface area contributed by atoms with Crippen molar-refractivity contribution < 1.29 is 58.8 Å². The van der Waals surface area contributed by atoms with Crippen LogP contribution in [0.2, 0.25) is 5.02 Å². The molecule has 26 heavy (non-hydrogen) atoms. The van der Waals surface area contributed by atoms with Gasteiger partial charge < -0.3 is 11.3 Å². The molecule has 1 aliphatic heterocycles. The molecule has 138 valence electrons. The second-order valence-corrected chi connectivity index (χ2v) is 7.04. The molecule has 1 heterocycles. The predicted octanol–water partition coefficient (Wildman–Crippen LogP) is 2.37. The molecule has 1 aliphatic carbocycles. The molecule has 0 amide bonds. The number of hydrogen-bond acceptors (Lipinski definition) is 2. The van der Waals surface area contributed by atoms with Crippen molar-refractivity contribution in [3.8, 4) is 5.75 Å². The molecule has 3 nitrogen and oxygen atoms in total. The molecule has 8 heteroatoms. The van der Waals surface area contributed by atoms with Crippen molar-refractivity contribution in [3.63, 3.8) is 0 Å². The van der Waals surface area contributed by atoms with Crippen LogP contribution in [0.25, 0.3) is 6.08 Å². The number of aliphatic carboxylic acids is 1. The van der Waals surface area contributed by atoms with Crippen molar-refractivity contribution in [2.24, 2.45) is 5.92 Å². The van der Waals surface area contributed by atoms with E-state index >= 15 is 0 Å². The zero-order valence-corrected chi connectivity index (χ0v) is 17.2. The van der Waals surface area contributed by atoms with E-state index in [1.54, 1.807) is 0 Å². The Morgan fingerprint density at radius 3 is 2.50 bits per heavy atom.